The van der Waals surface area contributed by atoms with E-state index >= 15 is 0 Å². The number of aromatic nitrogens is 1. The van der Waals surface area contributed by atoms with Crippen LogP contribution >= 0.6 is 0 Å². The van der Waals surface area contributed by atoms with E-state index in [0.29, 0.717) is 5.92 Å². The van der Waals surface area contributed by atoms with Gasteiger partial charge in [-0.05, 0) is 32.4 Å². The Bertz CT molecular complexity index is 313. The summed E-state index contributed by atoms with van der Waals surface area (Å²) in [6.07, 6.45) is 1.06. The number of rotatable bonds is 3. The van der Waals surface area contributed by atoms with Gasteiger partial charge in [-0.2, -0.15) is 0 Å². The first kappa shape index (κ1) is 9.71. The molecule has 0 aliphatic carbocycles. The molecule has 1 aliphatic rings. The summed E-state index contributed by atoms with van der Waals surface area (Å²) in [6.45, 7) is 8.49. The highest BCUT2D eigenvalue weighted by molar-refractivity contribution is 5.11. The Morgan fingerprint density at radius 2 is 2.21 bits per heavy atom. The van der Waals surface area contributed by atoms with Crippen LogP contribution in [-0.2, 0) is 6.42 Å². The summed E-state index contributed by atoms with van der Waals surface area (Å²) in [4.78, 5) is 4.54. The van der Waals surface area contributed by atoms with Crippen LogP contribution in [0.1, 0.15) is 37.1 Å². The first-order valence-electron chi connectivity index (χ1n) is 5.33. The highest BCUT2D eigenvalue weighted by atomic mass is 16.4. The molecule has 0 saturated carbocycles. The Hall–Kier alpha value is -0.830. The van der Waals surface area contributed by atoms with Gasteiger partial charge in [-0.25, -0.2) is 4.98 Å². The van der Waals surface area contributed by atoms with Gasteiger partial charge < -0.3 is 9.73 Å². The van der Waals surface area contributed by atoms with Crippen molar-refractivity contribution in [2.75, 3.05) is 13.1 Å². The Kier molecular flexibility index (Phi) is 2.59. The van der Waals surface area contributed by atoms with Crippen LogP contribution < -0.4 is 5.32 Å². The summed E-state index contributed by atoms with van der Waals surface area (Å²) in [5.74, 6) is 3.03. The molecule has 2 heterocycles. The molecule has 1 saturated heterocycles. The molecule has 1 aromatic heterocycles. The van der Waals surface area contributed by atoms with E-state index in [9.17, 15) is 0 Å². The number of nitrogens with zero attached hydrogens (tertiary/aromatic N) is 1. The van der Waals surface area contributed by atoms with Crippen LogP contribution in [0.4, 0.5) is 0 Å². The van der Waals surface area contributed by atoms with E-state index in [1.807, 2.05) is 6.92 Å². The third-order valence-electron chi connectivity index (χ3n) is 2.75. The molecule has 3 heteroatoms. The summed E-state index contributed by atoms with van der Waals surface area (Å²) >= 11 is 0. The fourth-order valence-electron chi connectivity index (χ4n) is 1.65. The molecule has 1 N–H and O–H groups in total. The van der Waals surface area contributed by atoms with Crippen LogP contribution in [0.3, 0.4) is 0 Å². The molecule has 0 aromatic carbocycles. The predicted octanol–water partition coefficient (Wildman–Crippen LogP) is 1.87. The molecule has 1 fully saturated rings. The van der Waals surface area contributed by atoms with E-state index in [4.69, 9.17) is 4.42 Å². The van der Waals surface area contributed by atoms with Gasteiger partial charge in [-0.3, -0.25) is 0 Å². The molecule has 0 radical (unpaired) electrons. The lowest BCUT2D eigenvalue weighted by Gasteiger charge is -2.26. The fourth-order valence-corrected chi connectivity index (χ4v) is 1.65. The Balaban J connectivity index is 2.08. The molecule has 0 atom stereocenters. The average molecular weight is 194 g/mol. The molecule has 14 heavy (non-hydrogen) atoms. The van der Waals surface area contributed by atoms with Crippen molar-refractivity contribution in [3.8, 4) is 0 Å². The monoisotopic (exact) mass is 194 g/mol. The summed E-state index contributed by atoms with van der Waals surface area (Å²) in [5.41, 5.74) is 1.15. The molecule has 78 valence electrons. The van der Waals surface area contributed by atoms with Gasteiger partial charge in [0.25, 0.3) is 0 Å². The SMILES string of the molecule is Cc1oc(C(C)C)nc1CC1CNC1. The van der Waals surface area contributed by atoms with Crippen molar-refractivity contribution in [2.24, 2.45) is 5.92 Å². The largest absolute Gasteiger partial charge is 0.445 e. The van der Waals surface area contributed by atoms with Gasteiger partial charge >= 0.3 is 0 Å². The lowest BCUT2D eigenvalue weighted by atomic mass is 9.97. The van der Waals surface area contributed by atoms with Gasteiger partial charge in [0.2, 0.25) is 0 Å². The summed E-state index contributed by atoms with van der Waals surface area (Å²) in [5, 5.41) is 3.27. The number of hydrogen-bond acceptors (Lipinski definition) is 3. The molecular formula is C11H18N2O. The van der Waals surface area contributed by atoms with Gasteiger partial charge in [0, 0.05) is 5.92 Å². The lowest BCUT2D eigenvalue weighted by molar-refractivity contribution is 0.343. The minimum atomic E-state index is 0.391. The molecule has 1 aliphatic heterocycles. The van der Waals surface area contributed by atoms with Crippen molar-refractivity contribution in [3.05, 3.63) is 17.3 Å². The zero-order valence-electron chi connectivity index (χ0n) is 9.13. The van der Waals surface area contributed by atoms with Crippen molar-refractivity contribution >= 4 is 0 Å². The van der Waals surface area contributed by atoms with E-state index in [1.165, 1.54) is 0 Å². The van der Waals surface area contributed by atoms with Crippen molar-refractivity contribution < 1.29 is 4.42 Å². The van der Waals surface area contributed by atoms with Gasteiger partial charge in [-0.15, -0.1) is 0 Å². The Morgan fingerprint density at radius 3 is 2.64 bits per heavy atom. The number of oxazole rings is 1. The zero-order valence-corrected chi connectivity index (χ0v) is 9.13. The normalized spacial score (nSPS) is 17.4. The highest BCUT2D eigenvalue weighted by Gasteiger charge is 2.21. The van der Waals surface area contributed by atoms with E-state index in [2.05, 4.69) is 24.1 Å². The minimum Gasteiger partial charge on any atom is -0.445 e. The smallest absolute Gasteiger partial charge is 0.197 e. The van der Waals surface area contributed by atoms with E-state index in [0.717, 1.165) is 42.8 Å². The van der Waals surface area contributed by atoms with E-state index in [-0.39, 0.29) is 0 Å². The van der Waals surface area contributed by atoms with Crippen molar-refractivity contribution in [1.29, 1.82) is 0 Å². The van der Waals surface area contributed by atoms with Gasteiger partial charge in [0.1, 0.15) is 5.76 Å². The summed E-state index contributed by atoms with van der Waals surface area (Å²) in [7, 11) is 0. The predicted molar refractivity (Wildman–Crippen MR) is 55.4 cm³/mol. The van der Waals surface area contributed by atoms with Crippen LogP contribution in [0.15, 0.2) is 4.42 Å². The van der Waals surface area contributed by atoms with Crippen LogP contribution in [0.25, 0.3) is 0 Å². The molecule has 0 amide bonds. The fraction of sp³-hybridized carbons (Fsp3) is 0.727. The Labute approximate surface area is 84.9 Å². The molecule has 0 unspecified atom stereocenters. The minimum absolute atomic E-state index is 0.391. The number of nitrogens with one attached hydrogen (secondary N) is 1. The molecular weight excluding hydrogens is 176 g/mol. The van der Waals surface area contributed by atoms with Crippen LogP contribution in [0.5, 0.6) is 0 Å². The maximum absolute atomic E-state index is 5.61. The molecule has 1 aromatic rings. The van der Waals surface area contributed by atoms with Crippen LogP contribution in [0, 0.1) is 12.8 Å². The summed E-state index contributed by atoms with van der Waals surface area (Å²) in [6, 6.07) is 0. The van der Waals surface area contributed by atoms with Crippen molar-refractivity contribution in [3.63, 3.8) is 0 Å². The number of hydrogen-bond donors (Lipinski definition) is 1. The second-order valence-corrected chi connectivity index (χ2v) is 4.44. The maximum atomic E-state index is 5.61. The third-order valence-corrected chi connectivity index (χ3v) is 2.75. The van der Waals surface area contributed by atoms with Crippen molar-refractivity contribution in [1.82, 2.24) is 10.3 Å². The molecule has 3 nitrogen and oxygen atoms in total. The van der Waals surface area contributed by atoms with Gasteiger partial charge in [-0.1, -0.05) is 13.8 Å². The van der Waals surface area contributed by atoms with Crippen LogP contribution in [-0.4, -0.2) is 18.1 Å². The zero-order chi connectivity index (χ0) is 10.1. The quantitative estimate of drug-likeness (QED) is 0.798. The van der Waals surface area contributed by atoms with E-state index in [1.54, 1.807) is 0 Å². The maximum Gasteiger partial charge on any atom is 0.197 e. The van der Waals surface area contributed by atoms with E-state index < -0.39 is 0 Å². The summed E-state index contributed by atoms with van der Waals surface area (Å²) < 4.78 is 5.61. The average Bonchev–Trinajstić information content (AvgIpc) is 2.40. The molecule has 0 bridgehead atoms. The first-order chi connectivity index (χ1) is 6.66. The first-order valence-corrected chi connectivity index (χ1v) is 5.33. The second kappa shape index (κ2) is 3.73. The lowest BCUT2D eigenvalue weighted by Crippen LogP contribution is -2.43. The Morgan fingerprint density at radius 1 is 1.50 bits per heavy atom. The topological polar surface area (TPSA) is 38.1 Å². The molecule has 2 rings (SSSR count). The standard InChI is InChI=1S/C11H18N2O/c1-7(2)11-13-10(8(3)14-11)4-9-5-12-6-9/h7,9,12H,4-6H2,1-3H3. The van der Waals surface area contributed by atoms with Crippen molar-refractivity contribution in [2.45, 2.75) is 33.1 Å². The molecule has 0 spiro atoms. The second-order valence-electron chi connectivity index (χ2n) is 4.44. The van der Waals surface area contributed by atoms with Gasteiger partial charge in [0.15, 0.2) is 5.89 Å². The highest BCUT2D eigenvalue weighted by Crippen LogP contribution is 2.20. The number of aryl methyl sites for hydroxylation is 1. The third kappa shape index (κ3) is 1.82. The van der Waals surface area contributed by atoms with Crippen LogP contribution in [0.2, 0.25) is 0 Å². The van der Waals surface area contributed by atoms with Gasteiger partial charge in [0.05, 0.1) is 5.69 Å².